The third-order valence-electron chi connectivity index (χ3n) is 5.59. The Kier molecular flexibility index (Phi) is 5.89. The lowest BCUT2D eigenvalue weighted by Gasteiger charge is -2.37. The van der Waals surface area contributed by atoms with E-state index >= 15 is 0 Å². The van der Waals surface area contributed by atoms with E-state index < -0.39 is 5.54 Å². The molecule has 24 heavy (non-hydrogen) atoms. The summed E-state index contributed by atoms with van der Waals surface area (Å²) >= 11 is 0. The summed E-state index contributed by atoms with van der Waals surface area (Å²) in [6.45, 7) is 8.31. The summed E-state index contributed by atoms with van der Waals surface area (Å²) in [5.41, 5.74) is -0.516. The van der Waals surface area contributed by atoms with Crippen molar-refractivity contribution in [2.45, 2.75) is 44.6 Å². The molecule has 0 aliphatic carbocycles. The van der Waals surface area contributed by atoms with Gasteiger partial charge >= 0.3 is 0 Å². The fourth-order valence-corrected chi connectivity index (χ4v) is 4.05. The van der Waals surface area contributed by atoms with Crippen LogP contribution in [0.15, 0.2) is 18.5 Å². The molecule has 0 aromatic carbocycles. The number of rotatable bonds is 6. The second-order valence-electron chi connectivity index (χ2n) is 7.23. The Hall–Kier alpha value is -1.40. The van der Waals surface area contributed by atoms with E-state index in [9.17, 15) is 4.79 Å². The largest absolute Gasteiger partial charge is 0.354 e. The van der Waals surface area contributed by atoms with E-state index in [1.54, 1.807) is 6.20 Å². The molecule has 2 aliphatic heterocycles. The zero-order chi connectivity index (χ0) is 16.8. The zero-order valence-corrected chi connectivity index (χ0v) is 14.8. The number of hydrogen-bond donors (Lipinski definition) is 2. The van der Waals surface area contributed by atoms with Crippen molar-refractivity contribution in [2.75, 3.05) is 39.3 Å². The van der Waals surface area contributed by atoms with Crippen LogP contribution in [0.4, 0.5) is 0 Å². The van der Waals surface area contributed by atoms with Crippen molar-refractivity contribution in [1.82, 2.24) is 25.3 Å². The molecule has 0 radical (unpaired) electrons. The van der Waals surface area contributed by atoms with Crippen molar-refractivity contribution in [3.8, 4) is 0 Å². The standard InChI is InChI=1S/C18H31N5O/c1-2-11-22-13-4-16(5-14-22)15-20-17(24)18(6-9-19-10-7-18)23-12-3-8-21-23/h3,8,12,16,19H,2,4-7,9-11,13-15H2,1H3,(H,20,24). The van der Waals surface area contributed by atoms with Crippen molar-refractivity contribution >= 4 is 5.91 Å². The first-order chi connectivity index (χ1) is 11.7. The molecule has 1 aromatic rings. The van der Waals surface area contributed by atoms with Crippen molar-refractivity contribution < 1.29 is 4.79 Å². The summed E-state index contributed by atoms with van der Waals surface area (Å²) in [6, 6.07) is 1.90. The number of likely N-dealkylation sites (tertiary alicyclic amines) is 1. The predicted molar refractivity (Wildman–Crippen MR) is 94.8 cm³/mol. The minimum absolute atomic E-state index is 0.142. The molecule has 2 saturated heterocycles. The second kappa shape index (κ2) is 8.12. The number of aromatic nitrogens is 2. The summed E-state index contributed by atoms with van der Waals surface area (Å²) in [5.74, 6) is 0.752. The number of nitrogens with one attached hydrogen (secondary N) is 2. The summed E-state index contributed by atoms with van der Waals surface area (Å²) in [7, 11) is 0. The van der Waals surface area contributed by atoms with Crippen molar-refractivity contribution in [3.05, 3.63) is 18.5 Å². The molecule has 6 nitrogen and oxygen atoms in total. The molecule has 1 aromatic heterocycles. The van der Waals surface area contributed by atoms with Crippen LogP contribution in [0.25, 0.3) is 0 Å². The molecule has 3 heterocycles. The smallest absolute Gasteiger partial charge is 0.248 e. The van der Waals surface area contributed by atoms with Crippen LogP contribution in [0.3, 0.4) is 0 Å². The molecule has 134 valence electrons. The van der Waals surface area contributed by atoms with Gasteiger partial charge < -0.3 is 15.5 Å². The SMILES string of the molecule is CCCN1CCC(CNC(=O)C2(n3cccn3)CCNCC2)CC1. The highest BCUT2D eigenvalue weighted by atomic mass is 16.2. The Morgan fingerprint density at radius 1 is 1.33 bits per heavy atom. The van der Waals surface area contributed by atoms with Gasteiger partial charge in [-0.2, -0.15) is 5.10 Å². The number of hydrogen-bond acceptors (Lipinski definition) is 4. The Morgan fingerprint density at radius 2 is 2.08 bits per heavy atom. The van der Waals surface area contributed by atoms with E-state index in [2.05, 4.69) is 27.6 Å². The highest BCUT2D eigenvalue weighted by Crippen LogP contribution is 2.27. The predicted octanol–water partition coefficient (Wildman–Crippen LogP) is 1.20. The monoisotopic (exact) mass is 333 g/mol. The van der Waals surface area contributed by atoms with E-state index in [4.69, 9.17) is 0 Å². The quantitative estimate of drug-likeness (QED) is 0.821. The van der Waals surface area contributed by atoms with Crippen molar-refractivity contribution in [2.24, 2.45) is 5.92 Å². The van der Waals surface area contributed by atoms with Crippen LogP contribution < -0.4 is 10.6 Å². The number of nitrogens with zero attached hydrogens (tertiary/aromatic N) is 3. The first kappa shape index (κ1) is 17.4. The van der Waals surface area contributed by atoms with E-state index in [1.807, 2.05) is 16.9 Å². The van der Waals surface area contributed by atoms with Crippen LogP contribution in [0, 0.1) is 5.92 Å². The van der Waals surface area contributed by atoms with E-state index in [1.165, 1.54) is 38.9 Å². The Morgan fingerprint density at radius 3 is 2.71 bits per heavy atom. The first-order valence-electron chi connectivity index (χ1n) is 9.46. The number of piperidine rings is 2. The maximum absolute atomic E-state index is 13.0. The lowest BCUT2D eigenvalue weighted by atomic mass is 9.87. The molecular weight excluding hydrogens is 302 g/mol. The minimum Gasteiger partial charge on any atom is -0.354 e. The fourth-order valence-electron chi connectivity index (χ4n) is 4.05. The van der Waals surface area contributed by atoms with Gasteiger partial charge in [-0.1, -0.05) is 6.92 Å². The third-order valence-corrected chi connectivity index (χ3v) is 5.59. The second-order valence-corrected chi connectivity index (χ2v) is 7.23. The van der Waals surface area contributed by atoms with Gasteiger partial charge in [-0.25, -0.2) is 0 Å². The molecule has 2 N–H and O–H groups in total. The van der Waals surface area contributed by atoms with Gasteiger partial charge in [-0.15, -0.1) is 0 Å². The Labute approximate surface area is 145 Å². The van der Waals surface area contributed by atoms with E-state index in [0.717, 1.165) is 32.5 Å². The molecule has 2 fully saturated rings. The van der Waals surface area contributed by atoms with Crippen molar-refractivity contribution in [1.29, 1.82) is 0 Å². The van der Waals surface area contributed by atoms with Gasteiger partial charge in [0.1, 0.15) is 5.54 Å². The maximum Gasteiger partial charge on any atom is 0.248 e. The van der Waals surface area contributed by atoms with Gasteiger partial charge in [0.15, 0.2) is 0 Å². The van der Waals surface area contributed by atoms with Crippen LogP contribution in [0.1, 0.15) is 39.0 Å². The zero-order valence-electron chi connectivity index (χ0n) is 14.8. The summed E-state index contributed by atoms with van der Waals surface area (Å²) in [5, 5.41) is 11.0. The molecule has 0 bridgehead atoms. The van der Waals surface area contributed by atoms with Gasteiger partial charge in [0.25, 0.3) is 0 Å². The normalized spacial score (nSPS) is 22.4. The van der Waals surface area contributed by atoms with Gasteiger partial charge in [-0.3, -0.25) is 9.48 Å². The molecule has 3 rings (SSSR count). The molecule has 0 unspecified atom stereocenters. The molecular formula is C18H31N5O. The Balaban J connectivity index is 1.55. The molecule has 6 heteroatoms. The Bertz CT molecular complexity index is 501. The maximum atomic E-state index is 13.0. The lowest BCUT2D eigenvalue weighted by molar-refractivity contribution is -0.132. The average molecular weight is 333 g/mol. The van der Waals surface area contributed by atoms with E-state index in [-0.39, 0.29) is 5.91 Å². The highest BCUT2D eigenvalue weighted by Gasteiger charge is 2.42. The summed E-state index contributed by atoms with van der Waals surface area (Å²) < 4.78 is 1.87. The van der Waals surface area contributed by atoms with Gasteiger partial charge in [0.2, 0.25) is 5.91 Å². The number of amides is 1. The van der Waals surface area contributed by atoms with Gasteiger partial charge in [-0.05, 0) is 76.8 Å². The molecule has 0 saturated carbocycles. The number of carbonyl (C=O) groups is 1. The first-order valence-corrected chi connectivity index (χ1v) is 9.46. The fraction of sp³-hybridized carbons (Fsp3) is 0.778. The lowest BCUT2D eigenvalue weighted by Crippen LogP contribution is -2.55. The van der Waals surface area contributed by atoms with Crippen LogP contribution in [0.5, 0.6) is 0 Å². The molecule has 2 aliphatic rings. The van der Waals surface area contributed by atoms with E-state index in [0.29, 0.717) is 5.92 Å². The molecule has 1 amide bonds. The highest BCUT2D eigenvalue weighted by molar-refractivity contribution is 5.84. The van der Waals surface area contributed by atoms with Gasteiger partial charge in [0, 0.05) is 18.9 Å². The van der Waals surface area contributed by atoms with Crippen molar-refractivity contribution in [3.63, 3.8) is 0 Å². The topological polar surface area (TPSA) is 62.2 Å². The molecule has 0 atom stereocenters. The minimum atomic E-state index is -0.516. The van der Waals surface area contributed by atoms with Crippen LogP contribution in [-0.2, 0) is 10.3 Å². The third kappa shape index (κ3) is 3.81. The van der Waals surface area contributed by atoms with Crippen LogP contribution in [0.2, 0.25) is 0 Å². The number of carbonyl (C=O) groups excluding carboxylic acids is 1. The molecule has 0 spiro atoms. The van der Waals surface area contributed by atoms with Gasteiger partial charge in [0.05, 0.1) is 0 Å². The summed E-state index contributed by atoms with van der Waals surface area (Å²) in [6.07, 6.45) is 8.90. The average Bonchev–Trinajstić information content (AvgIpc) is 3.17. The van der Waals surface area contributed by atoms with Crippen LogP contribution in [-0.4, -0.2) is 59.9 Å². The summed E-state index contributed by atoms with van der Waals surface area (Å²) in [4.78, 5) is 15.6. The van der Waals surface area contributed by atoms with Crippen LogP contribution >= 0.6 is 0 Å².